The second-order valence-corrected chi connectivity index (χ2v) is 6.56. The second-order valence-electron chi connectivity index (χ2n) is 5.01. The van der Waals surface area contributed by atoms with Crippen LogP contribution in [0.25, 0.3) is 0 Å². The fourth-order valence-corrected chi connectivity index (χ4v) is 2.70. The molecular weight excluding hydrogens is 242 g/mol. The van der Waals surface area contributed by atoms with Crippen LogP contribution in [0, 0.1) is 6.92 Å². The highest BCUT2D eigenvalue weighted by molar-refractivity contribution is 7.84. The van der Waals surface area contributed by atoms with Crippen molar-refractivity contribution < 1.29 is 4.21 Å². The number of aryl methyl sites for hydroxylation is 1. The Morgan fingerprint density at radius 3 is 2.39 bits per heavy atom. The van der Waals surface area contributed by atoms with Crippen LogP contribution in [0.3, 0.4) is 0 Å². The van der Waals surface area contributed by atoms with E-state index in [2.05, 4.69) is 50.4 Å². The summed E-state index contributed by atoms with van der Waals surface area (Å²) in [5.74, 6) is 0.776. The lowest BCUT2D eigenvalue weighted by Crippen LogP contribution is -2.31. The van der Waals surface area contributed by atoms with E-state index in [1.54, 1.807) is 6.26 Å². The molecule has 1 N–H and O–H groups in total. The first-order valence-corrected chi connectivity index (χ1v) is 8.38. The van der Waals surface area contributed by atoms with Gasteiger partial charge in [-0.15, -0.1) is 0 Å². The molecule has 18 heavy (non-hydrogen) atoms. The first-order valence-electron chi connectivity index (χ1n) is 6.65. The average Bonchev–Trinajstić information content (AvgIpc) is 2.34. The van der Waals surface area contributed by atoms with Crippen LogP contribution in [-0.4, -0.2) is 22.3 Å². The third-order valence-corrected chi connectivity index (χ3v) is 4.02. The van der Waals surface area contributed by atoms with E-state index in [1.165, 1.54) is 11.1 Å². The first-order chi connectivity index (χ1) is 8.52. The maximum atomic E-state index is 11.1. The molecule has 3 unspecified atom stereocenters. The van der Waals surface area contributed by atoms with E-state index in [1.807, 2.05) is 0 Å². The van der Waals surface area contributed by atoms with Gasteiger partial charge < -0.3 is 5.32 Å². The maximum Gasteiger partial charge on any atom is 0.0319 e. The molecule has 0 radical (unpaired) electrons. The predicted molar refractivity (Wildman–Crippen MR) is 80.4 cm³/mol. The number of nitrogens with one attached hydrogen (secondary N) is 1. The van der Waals surface area contributed by atoms with Crippen molar-refractivity contribution in [3.05, 3.63) is 35.4 Å². The molecule has 0 heterocycles. The van der Waals surface area contributed by atoms with Gasteiger partial charge in [-0.2, -0.15) is 0 Å². The van der Waals surface area contributed by atoms with Gasteiger partial charge in [0, 0.05) is 34.9 Å². The van der Waals surface area contributed by atoms with Crippen molar-refractivity contribution in [2.45, 2.75) is 45.7 Å². The highest BCUT2D eigenvalue weighted by atomic mass is 32.2. The van der Waals surface area contributed by atoms with Crippen molar-refractivity contribution in [2.24, 2.45) is 0 Å². The van der Waals surface area contributed by atoms with Crippen LogP contribution in [0.4, 0.5) is 0 Å². The molecule has 0 aliphatic heterocycles. The standard InChI is InChI=1S/C15H25NOS/c1-5-15(14-8-6-12(2)7-9-14)16-13(3)10-11-18(4)17/h6-9,13,15-16H,5,10-11H2,1-4H3. The normalized spacial score (nSPS) is 16.2. The van der Waals surface area contributed by atoms with E-state index in [-0.39, 0.29) is 0 Å². The van der Waals surface area contributed by atoms with Crippen LogP contribution >= 0.6 is 0 Å². The first kappa shape index (κ1) is 15.4. The van der Waals surface area contributed by atoms with Gasteiger partial charge in [-0.3, -0.25) is 4.21 Å². The zero-order chi connectivity index (χ0) is 13.5. The lowest BCUT2D eigenvalue weighted by Gasteiger charge is -2.22. The lowest BCUT2D eigenvalue weighted by atomic mass is 10.0. The molecule has 0 fully saturated rings. The lowest BCUT2D eigenvalue weighted by molar-refractivity contribution is 0.438. The summed E-state index contributed by atoms with van der Waals surface area (Å²) in [6.45, 7) is 6.48. The van der Waals surface area contributed by atoms with Crippen molar-refractivity contribution >= 4 is 10.8 Å². The Labute approximate surface area is 114 Å². The summed E-state index contributed by atoms with van der Waals surface area (Å²) in [4.78, 5) is 0. The Morgan fingerprint density at radius 2 is 1.89 bits per heavy atom. The molecule has 2 nitrogen and oxygen atoms in total. The maximum absolute atomic E-state index is 11.1. The van der Waals surface area contributed by atoms with Crippen LogP contribution in [-0.2, 0) is 10.8 Å². The third-order valence-electron chi connectivity index (χ3n) is 3.21. The summed E-state index contributed by atoms with van der Waals surface area (Å²) >= 11 is 0. The summed E-state index contributed by atoms with van der Waals surface area (Å²) in [5.41, 5.74) is 2.63. The molecule has 1 aromatic rings. The Bertz CT molecular complexity index is 375. The summed E-state index contributed by atoms with van der Waals surface area (Å²) in [6, 6.07) is 9.50. The molecule has 0 aromatic heterocycles. The van der Waals surface area contributed by atoms with Crippen LogP contribution in [0.2, 0.25) is 0 Å². The van der Waals surface area contributed by atoms with Gasteiger partial charge in [0.15, 0.2) is 0 Å². The monoisotopic (exact) mass is 267 g/mol. The molecular formula is C15H25NOS. The minimum atomic E-state index is -0.691. The van der Waals surface area contributed by atoms with Crippen LogP contribution in [0.15, 0.2) is 24.3 Å². The summed E-state index contributed by atoms with van der Waals surface area (Å²) in [7, 11) is -0.691. The Kier molecular flexibility index (Phi) is 6.58. The van der Waals surface area contributed by atoms with E-state index in [9.17, 15) is 4.21 Å². The number of benzene rings is 1. The van der Waals surface area contributed by atoms with Crippen molar-refractivity contribution in [1.29, 1.82) is 0 Å². The van der Waals surface area contributed by atoms with Gasteiger partial charge in [0.05, 0.1) is 0 Å². The summed E-state index contributed by atoms with van der Waals surface area (Å²) < 4.78 is 11.1. The zero-order valence-electron chi connectivity index (χ0n) is 11.9. The molecule has 3 atom stereocenters. The van der Waals surface area contributed by atoms with Crippen molar-refractivity contribution in [3.63, 3.8) is 0 Å². The fourth-order valence-electron chi connectivity index (χ4n) is 2.02. The van der Waals surface area contributed by atoms with E-state index < -0.39 is 10.8 Å². The Morgan fingerprint density at radius 1 is 1.28 bits per heavy atom. The van der Waals surface area contributed by atoms with Gasteiger partial charge in [-0.1, -0.05) is 36.8 Å². The predicted octanol–water partition coefficient (Wildman–Crippen LogP) is 3.19. The van der Waals surface area contributed by atoms with Gasteiger partial charge in [0.2, 0.25) is 0 Å². The SMILES string of the molecule is CCC(NC(C)CCS(C)=O)c1ccc(C)cc1. The van der Waals surface area contributed by atoms with Gasteiger partial charge in [-0.25, -0.2) is 0 Å². The molecule has 102 valence electrons. The quantitative estimate of drug-likeness (QED) is 0.822. The molecule has 0 saturated carbocycles. The third kappa shape index (κ3) is 5.32. The van der Waals surface area contributed by atoms with Crippen LogP contribution < -0.4 is 5.32 Å². The van der Waals surface area contributed by atoms with Crippen LogP contribution in [0.5, 0.6) is 0 Å². The van der Waals surface area contributed by atoms with Gasteiger partial charge in [-0.05, 0) is 32.3 Å². The minimum absolute atomic E-state index is 0.394. The van der Waals surface area contributed by atoms with Gasteiger partial charge in [0.1, 0.15) is 0 Å². The summed E-state index contributed by atoms with van der Waals surface area (Å²) in [6.07, 6.45) is 3.80. The van der Waals surface area contributed by atoms with E-state index in [0.717, 1.165) is 18.6 Å². The molecule has 0 spiro atoms. The topological polar surface area (TPSA) is 29.1 Å². The zero-order valence-corrected chi connectivity index (χ0v) is 12.7. The number of hydrogen-bond donors (Lipinski definition) is 1. The Hall–Kier alpha value is -0.670. The fraction of sp³-hybridized carbons (Fsp3) is 0.600. The highest BCUT2D eigenvalue weighted by Gasteiger charge is 2.12. The minimum Gasteiger partial charge on any atom is -0.307 e. The van der Waals surface area contributed by atoms with Gasteiger partial charge >= 0.3 is 0 Å². The molecule has 1 aromatic carbocycles. The smallest absolute Gasteiger partial charge is 0.0319 e. The molecule has 3 heteroatoms. The van der Waals surface area contributed by atoms with Crippen molar-refractivity contribution in [3.8, 4) is 0 Å². The average molecular weight is 267 g/mol. The summed E-state index contributed by atoms with van der Waals surface area (Å²) in [5, 5.41) is 3.62. The molecule has 0 aliphatic carbocycles. The number of hydrogen-bond acceptors (Lipinski definition) is 2. The van der Waals surface area contributed by atoms with E-state index >= 15 is 0 Å². The van der Waals surface area contributed by atoms with Crippen LogP contribution in [0.1, 0.15) is 43.9 Å². The second kappa shape index (κ2) is 7.70. The van der Waals surface area contributed by atoms with Crippen molar-refractivity contribution in [1.82, 2.24) is 5.32 Å². The van der Waals surface area contributed by atoms with Crippen molar-refractivity contribution in [2.75, 3.05) is 12.0 Å². The highest BCUT2D eigenvalue weighted by Crippen LogP contribution is 2.18. The molecule has 0 saturated heterocycles. The molecule has 0 amide bonds. The largest absolute Gasteiger partial charge is 0.307 e. The Balaban J connectivity index is 2.56. The van der Waals surface area contributed by atoms with E-state index in [4.69, 9.17) is 0 Å². The number of rotatable bonds is 7. The van der Waals surface area contributed by atoms with E-state index in [0.29, 0.717) is 12.1 Å². The molecule has 1 rings (SSSR count). The molecule has 0 bridgehead atoms. The van der Waals surface area contributed by atoms with Gasteiger partial charge in [0.25, 0.3) is 0 Å². The molecule has 0 aliphatic rings.